The van der Waals surface area contributed by atoms with Crippen LogP contribution in [0, 0.1) is 11.6 Å². The van der Waals surface area contributed by atoms with Gasteiger partial charge in [0, 0.05) is 17.7 Å². The molecule has 10 heteroatoms. The predicted molar refractivity (Wildman–Crippen MR) is 130 cm³/mol. The van der Waals surface area contributed by atoms with E-state index in [1.54, 1.807) is 19.3 Å². The van der Waals surface area contributed by atoms with E-state index in [0.717, 1.165) is 43.4 Å². The summed E-state index contributed by atoms with van der Waals surface area (Å²) in [6.07, 6.45) is 7.80. The predicted octanol–water partition coefficient (Wildman–Crippen LogP) is 4.69. The average molecular weight is 491 g/mol. The molecule has 0 bridgehead atoms. The van der Waals surface area contributed by atoms with Gasteiger partial charge in [-0.1, -0.05) is 12.1 Å². The van der Waals surface area contributed by atoms with Gasteiger partial charge < -0.3 is 15.2 Å². The number of benzene rings is 2. The van der Waals surface area contributed by atoms with Crippen molar-refractivity contribution in [2.24, 2.45) is 5.73 Å². The quantitative estimate of drug-likeness (QED) is 0.402. The van der Waals surface area contributed by atoms with E-state index in [1.165, 1.54) is 16.7 Å². The van der Waals surface area contributed by atoms with Gasteiger partial charge in [-0.25, -0.2) is 13.8 Å². The number of aromatic nitrogens is 4. The van der Waals surface area contributed by atoms with Crippen LogP contribution in [0.5, 0.6) is 11.5 Å². The molecular weight excluding hydrogens is 468 g/mol. The highest BCUT2D eigenvalue weighted by Crippen LogP contribution is 2.36. The summed E-state index contributed by atoms with van der Waals surface area (Å²) in [4.78, 5) is 15.9. The van der Waals surface area contributed by atoms with E-state index >= 15 is 0 Å². The van der Waals surface area contributed by atoms with Crippen molar-refractivity contribution >= 4 is 29.1 Å². The number of fused-ring (bicyclic) bond motifs is 1. The summed E-state index contributed by atoms with van der Waals surface area (Å²) in [5, 5.41) is 7.88. The molecule has 2 heterocycles. The Kier molecular flexibility index (Phi) is 6.32. The van der Waals surface area contributed by atoms with Crippen molar-refractivity contribution in [2.75, 3.05) is 7.11 Å². The second kappa shape index (κ2) is 9.73. The lowest BCUT2D eigenvalue weighted by Crippen LogP contribution is -2.14. The van der Waals surface area contributed by atoms with Gasteiger partial charge >= 0.3 is 0 Å². The smallest absolute Gasteiger partial charge is 0.269 e. The zero-order valence-electron chi connectivity index (χ0n) is 19.4. The number of ether oxygens (including phenoxy) is 2. The summed E-state index contributed by atoms with van der Waals surface area (Å²) < 4.78 is 41.4. The SMILES string of the molecule is COc1cccc(/C=C/c2nc3cc(F)c(F)cc3n2-c2ccc(C(N)=O)nn2)c1OC1CCCC1. The molecule has 2 aromatic heterocycles. The van der Waals surface area contributed by atoms with Gasteiger partial charge in [0.05, 0.1) is 24.2 Å². The van der Waals surface area contributed by atoms with E-state index in [-0.39, 0.29) is 28.6 Å². The molecule has 0 radical (unpaired) electrons. The minimum absolute atomic E-state index is 0.0254. The van der Waals surface area contributed by atoms with E-state index in [1.807, 2.05) is 18.2 Å². The minimum atomic E-state index is -1.03. The van der Waals surface area contributed by atoms with Crippen molar-refractivity contribution in [1.29, 1.82) is 0 Å². The minimum Gasteiger partial charge on any atom is -0.493 e. The van der Waals surface area contributed by atoms with E-state index in [0.29, 0.717) is 17.3 Å². The molecule has 0 atom stereocenters. The number of nitrogens with two attached hydrogens (primary N) is 1. The molecule has 36 heavy (non-hydrogen) atoms. The molecule has 1 fully saturated rings. The molecule has 8 nitrogen and oxygen atoms in total. The summed E-state index contributed by atoms with van der Waals surface area (Å²) in [5.74, 6) is -0.959. The molecule has 2 N–H and O–H groups in total. The molecule has 1 saturated carbocycles. The number of halogens is 2. The van der Waals surface area contributed by atoms with Crippen LogP contribution in [-0.4, -0.2) is 38.9 Å². The summed E-state index contributed by atoms with van der Waals surface area (Å²) in [5.41, 5.74) is 6.50. The van der Waals surface area contributed by atoms with Crippen LogP contribution in [0.25, 0.3) is 29.0 Å². The molecule has 0 spiro atoms. The van der Waals surface area contributed by atoms with Gasteiger partial charge in [-0.15, -0.1) is 10.2 Å². The molecule has 1 aliphatic rings. The standard InChI is InChI=1S/C26H23F2N5O3/c1-35-22-8-4-5-15(25(22)36-16-6-2-3-7-16)9-11-23-30-20-13-17(27)18(28)14-21(20)33(23)24-12-10-19(26(29)34)31-32-24/h4-5,8-14,16H,2-3,6-7H2,1H3,(H2,29,34)/b11-9+. The molecule has 1 aliphatic carbocycles. The van der Waals surface area contributed by atoms with Crippen molar-refractivity contribution in [1.82, 2.24) is 19.7 Å². The average Bonchev–Trinajstić information content (AvgIpc) is 3.51. The highest BCUT2D eigenvalue weighted by atomic mass is 19.2. The Balaban J connectivity index is 1.61. The van der Waals surface area contributed by atoms with Crippen LogP contribution in [-0.2, 0) is 0 Å². The number of primary amides is 1. The van der Waals surface area contributed by atoms with E-state index < -0.39 is 17.5 Å². The van der Waals surface area contributed by atoms with Crippen molar-refractivity contribution < 1.29 is 23.0 Å². The third kappa shape index (κ3) is 4.49. The van der Waals surface area contributed by atoms with Gasteiger partial charge in [0.25, 0.3) is 5.91 Å². The number of amides is 1. The van der Waals surface area contributed by atoms with Gasteiger partial charge in [0.1, 0.15) is 5.82 Å². The second-order valence-electron chi connectivity index (χ2n) is 8.44. The Labute approximate surface area is 205 Å². The third-order valence-electron chi connectivity index (χ3n) is 6.08. The summed E-state index contributed by atoms with van der Waals surface area (Å²) in [6, 6.07) is 10.5. The molecule has 0 aliphatic heterocycles. The number of hydrogen-bond donors (Lipinski definition) is 1. The number of para-hydroxylation sites is 1. The Morgan fingerprint density at radius 3 is 2.56 bits per heavy atom. The van der Waals surface area contributed by atoms with Crippen LogP contribution in [0.3, 0.4) is 0 Å². The maximum Gasteiger partial charge on any atom is 0.269 e. The topological polar surface area (TPSA) is 105 Å². The first kappa shape index (κ1) is 23.4. The monoisotopic (exact) mass is 491 g/mol. The first-order valence-corrected chi connectivity index (χ1v) is 11.5. The Morgan fingerprint density at radius 1 is 1.08 bits per heavy atom. The van der Waals surface area contributed by atoms with Crippen molar-refractivity contribution in [3.05, 3.63) is 71.2 Å². The maximum absolute atomic E-state index is 14.1. The number of carbonyl (C=O) groups excluding carboxylic acids is 1. The fourth-order valence-corrected chi connectivity index (χ4v) is 4.31. The van der Waals surface area contributed by atoms with Crippen LogP contribution < -0.4 is 15.2 Å². The lowest BCUT2D eigenvalue weighted by atomic mass is 10.1. The van der Waals surface area contributed by atoms with Crippen LogP contribution in [0.15, 0.2) is 42.5 Å². The highest BCUT2D eigenvalue weighted by Gasteiger charge is 2.21. The number of hydrogen-bond acceptors (Lipinski definition) is 6. The van der Waals surface area contributed by atoms with Crippen LogP contribution in [0.4, 0.5) is 8.78 Å². The zero-order chi connectivity index (χ0) is 25.2. The van der Waals surface area contributed by atoms with Gasteiger partial charge in [0.2, 0.25) is 0 Å². The first-order chi connectivity index (χ1) is 17.4. The summed E-state index contributed by atoms with van der Waals surface area (Å²) >= 11 is 0. The molecule has 0 saturated heterocycles. The van der Waals surface area contributed by atoms with Crippen molar-refractivity contribution in [3.63, 3.8) is 0 Å². The molecule has 1 amide bonds. The lowest BCUT2D eigenvalue weighted by molar-refractivity contribution is 0.0994. The zero-order valence-corrected chi connectivity index (χ0v) is 19.4. The van der Waals surface area contributed by atoms with Gasteiger partial charge in [-0.2, -0.15) is 0 Å². The first-order valence-electron chi connectivity index (χ1n) is 11.5. The second-order valence-corrected chi connectivity index (χ2v) is 8.44. The summed E-state index contributed by atoms with van der Waals surface area (Å²) in [7, 11) is 1.58. The molecule has 4 aromatic rings. The van der Waals surface area contributed by atoms with Crippen LogP contribution in [0.1, 0.15) is 47.6 Å². The lowest BCUT2D eigenvalue weighted by Gasteiger charge is -2.18. The van der Waals surface area contributed by atoms with E-state index in [2.05, 4.69) is 15.2 Å². The molecule has 0 unspecified atom stereocenters. The van der Waals surface area contributed by atoms with Crippen molar-refractivity contribution in [3.8, 4) is 17.3 Å². The van der Waals surface area contributed by atoms with Crippen LogP contribution in [0.2, 0.25) is 0 Å². The largest absolute Gasteiger partial charge is 0.493 e. The fraction of sp³-hybridized carbons (Fsp3) is 0.231. The van der Waals surface area contributed by atoms with Gasteiger partial charge in [-0.05, 0) is 56.0 Å². The maximum atomic E-state index is 14.1. The Morgan fingerprint density at radius 2 is 1.86 bits per heavy atom. The number of nitrogens with zero attached hydrogens (tertiary/aromatic N) is 4. The van der Waals surface area contributed by atoms with Gasteiger partial charge in [-0.3, -0.25) is 9.36 Å². The third-order valence-corrected chi connectivity index (χ3v) is 6.08. The fourth-order valence-electron chi connectivity index (χ4n) is 4.31. The summed E-state index contributed by atoms with van der Waals surface area (Å²) in [6.45, 7) is 0. The number of carbonyl (C=O) groups is 1. The molecule has 5 rings (SSSR count). The molecule has 184 valence electrons. The Hall–Kier alpha value is -4.34. The highest BCUT2D eigenvalue weighted by molar-refractivity contribution is 5.90. The van der Waals surface area contributed by atoms with Crippen LogP contribution >= 0.6 is 0 Å². The number of imidazole rings is 1. The van der Waals surface area contributed by atoms with E-state index in [4.69, 9.17) is 15.2 Å². The molecule has 2 aromatic carbocycles. The van der Waals surface area contributed by atoms with E-state index in [9.17, 15) is 13.6 Å². The Bertz CT molecular complexity index is 1460. The normalized spacial score (nSPS) is 14.1. The molecular formula is C26H23F2N5O3. The number of methoxy groups -OCH3 is 1. The van der Waals surface area contributed by atoms with Crippen molar-refractivity contribution in [2.45, 2.75) is 31.8 Å². The van der Waals surface area contributed by atoms with Gasteiger partial charge in [0.15, 0.2) is 34.6 Å². The number of rotatable bonds is 7.